The highest BCUT2D eigenvalue weighted by Crippen LogP contribution is 2.52. The number of hydrogen-bond donors (Lipinski definition) is 0. The van der Waals surface area contributed by atoms with Gasteiger partial charge in [0, 0.05) is 0 Å². The maximum atomic E-state index is 6.37. The van der Waals surface area contributed by atoms with Gasteiger partial charge in [-0.05, 0) is 78.6 Å². The molecular formula is C24H33NO3S. The third-order valence-electron chi connectivity index (χ3n) is 4.87. The molecule has 0 spiro atoms. The summed E-state index contributed by atoms with van der Waals surface area (Å²) in [5.41, 5.74) is 3.23. The number of rotatable bonds is 10. The zero-order valence-electron chi connectivity index (χ0n) is 18.4. The van der Waals surface area contributed by atoms with Gasteiger partial charge in [0.05, 0.1) is 6.21 Å². The summed E-state index contributed by atoms with van der Waals surface area (Å²) in [5.74, 6) is 3.58. The molecule has 0 saturated carbocycles. The first kappa shape index (κ1) is 22.9. The first-order chi connectivity index (χ1) is 13.9. The van der Waals surface area contributed by atoms with Gasteiger partial charge in [-0.1, -0.05) is 36.4 Å². The van der Waals surface area contributed by atoms with Gasteiger partial charge in [0.1, 0.15) is 31.2 Å². The van der Waals surface area contributed by atoms with E-state index in [9.17, 15) is 0 Å². The second-order valence-electron chi connectivity index (χ2n) is 7.08. The third-order valence-corrected chi connectivity index (χ3v) is 8.20. The second-order valence-corrected chi connectivity index (χ2v) is 10.9. The van der Waals surface area contributed by atoms with Gasteiger partial charge in [-0.3, -0.25) is 0 Å². The van der Waals surface area contributed by atoms with Crippen molar-refractivity contribution in [2.75, 3.05) is 31.7 Å². The highest BCUT2D eigenvalue weighted by atomic mass is 32.3. The lowest BCUT2D eigenvalue weighted by atomic mass is 10.1. The van der Waals surface area contributed by atoms with Crippen molar-refractivity contribution in [2.24, 2.45) is 5.16 Å². The smallest absolute Gasteiger partial charge is 0.126 e. The number of aryl methyl sites for hydroxylation is 2. The Balaban J connectivity index is 2.14. The van der Waals surface area contributed by atoms with E-state index in [0.29, 0.717) is 12.5 Å². The zero-order valence-corrected chi connectivity index (χ0v) is 19.2. The van der Waals surface area contributed by atoms with Crippen LogP contribution in [-0.2, 0) is 4.84 Å². The molecule has 0 saturated heterocycles. The lowest BCUT2D eigenvalue weighted by molar-refractivity contribution is 0.215. The molecule has 1 atom stereocenters. The van der Waals surface area contributed by atoms with Gasteiger partial charge < -0.3 is 14.3 Å². The summed E-state index contributed by atoms with van der Waals surface area (Å²) in [6.45, 7) is 8.96. The van der Waals surface area contributed by atoms with Gasteiger partial charge in [-0.25, -0.2) is 0 Å². The van der Waals surface area contributed by atoms with Crippen molar-refractivity contribution in [2.45, 2.75) is 32.6 Å². The van der Waals surface area contributed by atoms with E-state index in [1.54, 1.807) is 13.3 Å². The Hall–Kier alpha value is -2.40. The molecule has 0 bridgehead atoms. The average Bonchev–Trinajstić information content (AvgIpc) is 2.72. The quantitative estimate of drug-likeness (QED) is 0.268. The number of hydrogen-bond acceptors (Lipinski definition) is 4. The standard InChI is InChI=1S/C24H33NO3S/c1-7-9-14-27-22-15-19(3)24(20(4)16-22)28-18-29(6,8-2)23-12-10-21(11-13-23)17-25-26-5/h7,9-13,15-17H,8,14,18H2,1-6H3/b9-7+,25-17+. The van der Waals surface area contributed by atoms with E-state index in [0.717, 1.165) is 33.9 Å². The van der Waals surface area contributed by atoms with E-state index < -0.39 is 10.0 Å². The van der Waals surface area contributed by atoms with Gasteiger partial charge >= 0.3 is 0 Å². The van der Waals surface area contributed by atoms with Crippen molar-refractivity contribution in [3.8, 4) is 11.5 Å². The zero-order chi connectivity index (χ0) is 21.3. The molecule has 5 heteroatoms. The number of ether oxygens (including phenoxy) is 2. The van der Waals surface area contributed by atoms with Crippen LogP contribution < -0.4 is 9.47 Å². The lowest BCUT2D eigenvalue weighted by Gasteiger charge is -2.35. The minimum absolute atomic E-state index is 0.582. The Kier molecular flexibility index (Phi) is 8.65. The SMILES string of the molecule is C/C=C/COc1cc(C)c(OCS(C)(CC)c2ccc(/C=N/OC)cc2)c(C)c1. The van der Waals surface area contributed by atoms with Crippen molar-refractivity contribution >= 4 is 16.2 Å². The van der Waals surface area contributed by atoms with Crippen LogP contribution in [-0.4, -0.2) is 37.9 Å². The van der Waals surface area contributed by atoms with Crippen LogP contribution in [0, 0.1) is 13.8 Å². The molecule has 2 rings (SSSR count). The largest absolute Gasteiger partial charge is 0.490 e. The molecule has 2 aromatic rings. The molecule has 2 aromatic carbocycles. The molecule has 0 aliphatic rings. The maximum Gasteiger partial charge on any atom is 0.126 e. The Morgan fingerprint density at radius 3 is 2.24 bits per heavy atom. The Bertz CT molecular complexity index is 823. The van der Waals surface area contributed by atoms with E-state index in [1.807, 2.05) is 31.2 Å². The van der Waals surface area contributed by atoms with Crippen LogP contribution in [0.2, 0.25) is 0 Å². The molecule has 1 unspecified atom stereocenters. The molecule has 29 heavy (non-hydrogen) atoms. The second kappa shape index (κ2) is 11.0. The Labute approximate surface area is 176 Å². The first-order valence-corrected chi connectivity index (χ1v) is 12.2. The monoisotopic (exact) mass is 415 g/mol. The van der Waals surface area contributed by atoms with Crippen LogP contribution in [0.3, 0.4) is 0 Å². The van der Waals surface area contributed by atoms with Crippen molar-refractivity contribution < 1.29 is 14.3 Å². The van der Waals surface area contributed by atoms with Gasteiger partial charge in [-0.15, -0.1) is 0 Å². The van der Waals surface area contributed by atoms with Gasteiger partial charge in [0.2, 0.25) is 0 Å². The summed E-state index contributed by atoms with van der Waals surface area (Å²) in [7, 11) is 0.456. The van der Waals surface area contributed by atoms with Crippen LogP contribution in [0.25, 0.3) is 0 Å². The van der Waals surface area contributed by atoms with Crippen LogP contribution >= 0.6 is 10.0 Å². The van der Waals surface area contributed by atoms with E-state index in [1.165, 1.54) is 4.90 Å². The van der Waals surface area contributed by atoms with Gasteiger partial charge in [0.15, 0.2) is 0 Å². The van der Waals surface area contributed by atoms with Crippen LogP contribution in [0.5, 0.6) is 11.5 Å². The van der Waals surface area contributed by atoms with Crippen LogP contribution in [0.1, 0.15) is 30.5 Å². The molecule has 0 aliphatic carbocycles. The molecule has 4 nitrogen and oxygen atoms in total. The third kappa shape index (κ3) is 6.29. The summed E-state index contributed by atoms with van der Waals surface area (Å²) in [6, 6.07) is 12.6. The predicted molar refractivity (Wildman–Crippen MR) is 125 cm³/mol. The summed E-state index contributed by atoms with van der Waals surface area (Å²) in [4.78, 5) is 6.08. The highest BCUT2D eigenvalue weighted by molar-refractivity contribution is 8.33. The molecular weight excluding hydrogens is 382 g/mol. The normalized spacial score (nSPS) is 14.7. The number of oxime groups is 1. The summed E-state index contributed by atoms with van der Waals surface area (Å²) in [5, 5.41) is 3.82. The van der Waals surface area contributed by atoms with E-state index >= 15 is 0 Å². The highest BCUT2D eigenvalue weighted by Gasteiger charge is 2.21. The minimum Gasteiger partial charge on any atom is -0.490 e. The maximum absolute atomic E-state index is 6.37. The van der Waals surface area contributed by atoms with E-state index in [2.05, 4.69) is 56.4 Å². The topological polar surface area (TPSA) is 40.0 Å². The molecule has 0 heterocycles. The fourth-order valence-electron chi connectivity index (χ4n) is 2.97. The minimum atomic E-state index is -1.09. The van der Waals surface area contributed by atoms with Gasteiger partial charge in [0.25, 0.3) is 0 Å². The summed E-state index contributed by atoms with van der Waals surface area (Å²) >= 11 is 0. The molecule has 0 N–H and O–H groups in total. The number of benzene rings is 2. The van der Waals surface area contributed by atoms with Crippen molar-refractivity contribution in [1.29, 1.82) is 0 Å². The van der Waals surface area contributed by atoms with Crippen molar-refractivity contribution in [3.63, 3.8) is 0 Å². The molecule has 0 aliphatic heterocycles. The molecule has 0 aromatic heterocycles. The van der Waals surface area contributed by atoms with Crippen LogP contribution in [0.15, 0.2) is 58.6 Å². The summed E-state index contributed by atoms with van der Waals surface area (Å²) < 4.78 is 12.2. The van der Waals surface area contributed by atoms with E-state index in [-0.39, 0.29) is 0 Å². The fourth-order valence-corrected chi connectivity index (χ4v) is 4.77. The fraction of sp³-hybridized carbons (Fsp3) is 0.375. The Morgan fingerprint density at radius 2 is 1.69 bits per heavy atom. The lowest BCUT2D eigenvalue weighted by Crippen LogP contribution is -2.13. The van der Waals surface area contributed by atoms with Crippen molar-refractivity contribution in [1.82, 2.24) is 0 Å². The van der Waals surface area contributed by atoms with E-state index in [4.69, 9.17) is 14.3 Å². The molecule has 0 amide bonds. The van der Waals surface area contributed by atoms with Crippen molar-refractivity contribution in [3.05, 3.63) is 65.2 Å². The predicted octanol–water partition coefficient (Wildman–Crippen LogP) is 6.09. The summed E-state index contributed by atoms with van der Waals surface area (Å²) in [6.07, 6.45) is 8.02. The molecule has 0 radical (unpaired) electrons. The number of allylic oxidation sites excluding steroid dienone is 1. The Morgan fingerprint density at radius 1 is 1.03 bits per heavy atom. The molecule has 0 fully saturated rings. The van der Waals surface area contributed by atoms with Crippen LogP contribution in [0.4, 0.5) is 0 Å². The average molecular weight is 416 g/mol. The van der Waals surface area contributed by atoms with Gasteiger partial charge in [-0.2, -0.15) is 10.0 Å². The number of nitrogens with zero attached hydrogens (tertiary/aromatic N) is 1. The molecule has 158 valence electrons. The first-order valence-electron chi connectivity index (χ1n) is 9.82.